The molecule has 5 nitrogen and oxygen atoms in total. The summed E-state index contributed by atoms with van der Waals surface area (Å²) in [5.41, 5.74) is 1.93. The zero-order valence-electron chi connectivity index (χ0n) is 15.6. The van der Waals surface area contributed by atoms with E-state index in [1.807, 2.05) is 19.9 Å². The number of hydrogen-bond acceptors (Lipinski definition) is 4. The molecule has 0 spiro atoms. The van der Waals surface area contributed by atoms with Gasteiger partial charge in [0.15, 0.2) is 17.5 Å². The Morgan fingerprint density at radius 2 is 2.08 bits per heavy atom. The lowest BCUT2D eigenvalue weighted by molar-refractivity contribution is 0.321. The van der Waals surface area contributed by atoms with Crippen molar-refractivity contribution in [2.24, 2.45) is 4.99 Å². The van der Waals surface area contributed by atoms with Gasteiger partial charge in [0.25, 0.3) is 0 Å². The highest BCUT2D eigenvalue weighted by Crippen LogP contribution is 2.18. The first kappa shape index (κ1) is 22.6. The number of thiazole rings is 1. The van der Waals surface area contributed by atoms with Gasteiger partial charge >= 0.3 is 0 Å². The minimum absolute atomic E-state index is 0. The molecular weight excluding hydrogens is 466 g/mol. The number of benzene rings is 1. The van der Waals surface area contributed by atoms with Gasteiger partial charge in [0, 0.05) is 31.4 Å². The minimum Gasteiger partial charge on any atom is -0.491 e. The predicted molar refractivity (Wildman–Crippen MR) is 116 cm³/mol. The molecule has 2 aromatic rings. The van der Waals surface area contributed by atoms with E-state index in [-0.39, 0.29) is 35.5 Å². The SMILES string of the molecule is CCOc1ccc(CNC(=NC)NCCc2nc(C)c(C)s2)cc1F.I. The first-order valence-corrected chi connectivity index (χ1v) is 9.13. The largest absolute Gasteiger partial charge is 0.491 e. The Morgan fingerprint density at radius 1 is 1.31 bits per heavy atom. The molecule has 0 radical (unpaired) electrons. The number of nitrogens with zero attached hydrogens (tertiary/aromatic N) is 2. The van der Waals surface area contributed by atoms with E-state index in [0.717, 1.165) is 29.2 Å². The second kappa shape index (κ2) is 11.3. The fourth-order valence-corrected chi connectivity index (χ4v) is 3.20. The van der Waals surface area contributed by atoms with E-state index < -0.39 is 0 Å². The number of aryl methyl sites for hydroxylation is 2. The number of halogens is 2. The molecule has 0 amide bonds. The van der Waals surface area contributed by atoms with Gasteiger partial charge in [0.2, 0.25) is 0 Å². The average molecular weight is 492 g/mol. The molecule has 0 aliphatic heterocycles. The number of hydrogen-bond donors (Lipinski definition) is 2. The molecule has 0 atom stereocenters. The standard InChI is InChI=1S/C18H25FN4OS.HI/c1-5-24-16-7-6-14(10-15(16)19)11-22-18(20-4)21-9-8-17-23-12(2)13(3)25-17;/h6-7,10H,5,8-9,11H2,1-4H3,(H2,20,21,22);1H. The van der Waals surface area contributed by atoms with Gasteiger partial charge in [-0.05, 0) is 38.5 Å². The van der Waals surface area contributed by atoms with Crippen molar-refractivity contribution in [3.8, 4) is 5.75 Å². The van der Waals surface area contributed by atoms with Crippen LogP contribution in [0.3, 0.4) is 0 Å². The van der Waals surface area contributed by atoms with Gasteiger partial charge in [0.05, 0.1) is 17.3 Å². The van der Waals surface area contributed by atoms with E-state index in [2.05, 4.69) is 27.5 Å². The molecule has 2 N–H and O–H groups in total. The van der Waals surface area contributed by atoms with Gasteiger partial charge < -0.3 is 15.4 Å². The smallest absolute Gasteiger partial charge is 0.191 e. The van der Waals surface area contributed by atoms with Gasteiger partial charge in [-0.15, -0.1) is 35.3 Å². The molecule has 0 bridgehead atoms. The van der Waals surface area contributed by atoms with Crippen molar-refractivity contribution in [1.29, 1.82) is 0 Å². The van der Waals surface area contributed by atoms with Crippen molar-refractivity contribution in [3.63, 3.8) is 0 Å². The Bertz CT molecular complexity index is 716. The fraction of sp³-hybridized carbons (Fsp3) is 0.444. The number of nitrogens with one attached hydrogen (secondary N) is 2. The van der Waals surface area contributed by atoms with E-state index in [9.17, 15) is 4.39 Å². The fourth-order valence-electron chi connectivity index (χ4n) is 2.27. The second-order valence-corrected chi connectivity index (χ2v) is 6.84. The van der Waals surface area contributed by atoms with Gasteiger partial charge in [-0.1, -0.05) is 6.07 Å². The molecule has 1 aromatic carbocycles. The summed E-state index contributed by atoms with van der Waals surface area (Å²) in [5, 5.41) is 7.55. The maximum atomic E-state index is 13.9. The Morgan fingerprint density at radius 3 is 2.65 bits per heavy atom. The topological polar surface area (TPSA) is 58.5 Å². The third-order valence-corrected chi connectivity index (χ3v) is 4.82. The predicted octanol–water partition coefficient (Wildman–Crippen LogP) is 3.82. The Hall–Kier alpha value is -1.42. The zero-order chi connectivity index (χ0) is 18.2. The molecular formula is C18H26FIN4OS. The van der Waals surface area contributed by atoms with Crippen LogP contribution in [-0.2, 0) is 13.0 Å². The van der Waals surface area contributed by atoms with Crippen LogP contribution in [0.15, 0.2) is 23.2 Å². The summed E-state index contributed by atoms with van der Waals surface area (Å²) >= 11 is 1.73. The second-order valence-electron chi connectivity index (χ2n) is 5.55. The van der Waals surface area contributed by atoms with Crippen molar-refractivity contribution in [1.82, 2.24) is 15.6 Å². The lowest BCUT2D eigenvalue weighted by Gasteiger charge is -2.12. The summed E-state index contributed by atoms with van der Waals surface area (Å²) in [4.78, 5) is 9.97. The highest BCUT2D eigenvalue weighted by Gasteiger charge is 2.06. The highest BCUT2D eigenvalue weighted by atomic mass is 127. The van der Waals surface area contributed by atoms with E-state index >= 15 is 0 Å². The van der Waals surface area contributed by atoms with Crippen molar-refractivity contribution in [3.05, 3.63) is 45.2 Å². The van der Waals surface area contributed by atoms with Crippen LogP contribution in [0.2, 0.25) is 0 Å². The zero-order valence-corrected chi connectivity index (χ0v) is 18.7. The van der Waals surface area contributed by atoms with Crippen molar-refractivity contribution in [2.75, 3.05) is 20.2 Å². The minimum atomic E-state index is -0.349. The number of rotatable bonds is 7. The summed E-state index contributed by atoms with van der Waals surface area (Å²) in [6.45, 7) is 7.61. The summed E-state index contributed by atoms with van der Waals surface area (Å²) in [5.74, 6) is 0.612. The van der Waals surface area contributed by atoms with E-state index in [4.69, 9.17) is 4.74 Å². The first-order chi connectivity index (χ1) is 12.0. The molecule has 1 heterocycles. The highest BCUT2D eigenvalue weighted by molar-refractivity contribution is 14.0. The number of ether oxygens (including phenoxy) is 1. The van der Waals surface area contributed by atoms with E-state index in [1.54, 1.807) is 24.5 Å². The Balaban J connectivity index is 0.00000338. The number of aromatic nitrogens is 1. The van der Waals surface area contributed by atoms with Gasteiger partial charge in [-0.3, -0.25) is 4.99 Å². The van der Waals surface area contributed by atoms with Crippen LogP contribution >= 0.6 is 35.3 Å². The van der Waals surface area contributed by atoms with Crippen LogP contribution in [0.5, 0.6) is 5.75 Å². The molecule has 0 aliphatic carbocycles. The number of guanidine groups is 1. The lowest BCUT2D eigenvalue weighted by atomic mass is 10.2. The maximum absolute atomic E-state index is 13.9. The van der Waals surface area contributed by atoms with Crippen LogP contribution in [0, 0.1) is 19.7 Å². The third-order valence-electron chi connectivity index (χ3n) is 3.68. The molecule has 0 saturated heterocycles. The van der Waals surface area contributed by atoms with Crippen LogP contribution in [0.4, 0.5) is 4.39 Å². The van der Waals surface area contributed by atoms with Crippen LogP contribution in [0.1, 0.15) is 28.1 Å². The molecule has 2 rings (SSSR count). The quantitative estimate of drug-likeness (QED) is 0.351. The summed E-state index contributed by atoms with van der Waals surface area (Å²) in [7, 11) is 1.71. The van der Waals surface area contributed by atoms with Crippen LogP contribution in [0.25, 0.3) is 0 Å². The maximum Gasteiger partial charge on any atom is 0.191 e. The van der Waals surface area contributed by atoms with Crippen molar-refractivity contribution >= 4 is 41.3 Å². The molecule has 26 heavy (non-hydrogen) atoms. The normalized spacial score (nSPS) is 11.0. The van der Waals surface area contributed by atoms with Gasteiger partial charge in [-0.2, -0.15) is 0 Å². The molecule has 0 unspecified atom stereocenters. The molecule has 0 saturated carbocycles. The average Bonchev–Trinajstić information content (AvgIpc) is 2.91. The van der Waals surface area contributed by atoms with Crippen molar-refractivity contribution in [2.45, 2.75) is 33.7 Å². The summed E-state index contributed by atoms with van der Waals surface area (Å²) < 4.78 is 19.1. The monoisotopic (exact) mass is 492 g/mol. The summed E-state index contributed by atoms with van der Waals surface area (Å²) in [6.07, 6.45) is 0.845. The van der Waals surface area contributed by atoms with Crippen LogP contribution in [-0.4, -0.2) is 31.1 Å². The van der Waals surface area contributed by atoms with E-state index in [1.165, 1.54) is 10.9 Å². The third kappa shape index (κ3) is 6.71. The Labute approximate surface area is 175 Å². The van der Waals surface area contributed by atoms with Gasteiger partial charge in [-0.25, -0.2) is 9.37 Å². The van der Waals surface area contributed by atoms with Gasteiger partial charge in [0.1, 0.15) is 0 Å². The molecule has 8 heteroatoms. The lowest BCUT2D eigenvalue weighted by Crippen LogP contribution is -2.37. The first-order valence-electron chi connectivity index (χ1n) is 8.32. The molecule has 1 aromatic heterocycles. The number of aliphatic imine (C=N–C) groups is 1. The Kier molecular flexibility index (Phi) is 9.85. The molecule has 0 fully saturated rings. The van der Waals surface area contributed by atoms with Crippen LogP contribution < -0.4 is 15.4 Å². The molecule has 144 valence electrons. The van der Waals surface area contributed by atoms with Crippen molar-refractivity contribution < 1.29 is 9.13 Å². The van der Waals surface area contributed by atoms with E-state index in [0.29, 0.717) is 19.1 Å². The summed E-state index contributed by atoms with van der Waals surface area (Å²) in [6, 6.07) is 4.97. The molecule has 0 aliphatic rings.